The van der Waals surface area contributed by atoms with Crippen LogP contribution in [0.25, 0.3) is 0 Å². The molecular weight excluding hydrogens is 694 g/mol. The molecule has 1 N–H and O–H groups in total. The molecule has 304 valence electrons. The summed E-state index contributed by atoms with van der Waals surface area (Å²) in [7, 11) is 7.22. The van der Waals surface area contributed by atoms with Gasteiger partial charge in [0.05, 0.1) is 23.9 Å². The van der Waals surface area contributed by atoms with Crippen molar-refractivity contribution in [1.82, 2.24) is 14.7 Å². The zero-order valence-electron chi connectivity index (χ0n) is 34.4. The lowest BCUT2D eigenvalue weighted by Crippen LogP contribution is -2.60. The van der Waals surface area contributed by atoms with E-state index in [9.17, 15) is 24.3 Å². The van der Waals surface area contributed by atoms with Crippen LogP contribution in [0.4, 0.5) is 4.79 Å². The predicted molar refractivity (Wildman–Crippen MR) is 202 cm³/mol. The smallest absolute Gasteiger partial charge is 0.410 e. The molecule has 0 spiro atoms. The fourth-order valence-electron chi connectivity index (χ4n) is 8.96. The Bertz CT molecular complexity index is 1460. The third kappa shape index (κ3) is 9.19. The largest absolute Gasteiger partial charge is 0.458 e. The van der Waals surface area contributed by atoms with Gasteiger partial charge in [0.25, 0.3) is 0 Å². The standard InChI is InChI=1S/C41H65N3O10/c1-13-31-41(8)35(44(39(49)54-41)20-19-43(11)23-29-17-15-14-16-18-29)26(4)32(45)24(2)22-40(7,50-12)36(27(5)33(46)28(6)37(48)52-31)53-38-34(47)30(42(9)10)21-25(3)51-38/h14-18,24-28,30-31,34-36,38,47H,13,19-23H2,1-12H3/t24-,25-,26+,27+,28-,30+,31-,34-,35-,36-,38+,40-,41-/m1/s1. The Kier molecular flexibility index (Phi) is 14.5. The van der Waals surface area contributed by atoms with Crippen LogP contribution >= 0.6 is 0 Å². The summed E-state index contributed by atoms with van der Waals surface area (Å²) in [6.45, 7) is 15.4. The number of fused-ring (bicyclic) bond motifs is 1. The van der Waals surface area contributed by atoms with Crippen LogP contribution in [0, 0.1) is 23.7 Å². The summed E-state index contributed by atoms with van der Waals surface area (Å²) >= 11 is 0. The number of nitrogens with zero attached hydrogens (tertiary/aromatic N) is 3. The number of esters is 1. The highest BCUT2D eigenvalue weighted by molar-refractivity contribution is 6.00. The minimum atomic E-state index is -1.39. The normalized spacial score (nSPS) is 38.6. The number of Topliss-reactive ketones (excluding diaryl/α,β-unsaturated/α-hetero) is 2. The van der Waals surface area contributed by atoms with E-state index in [1.807, 2.05) is 77.1 Å². The van der Waals surface area contributed by atoms with E-state index in [0.717, 1.165) is 5.56 Å². The predicted octanol–water partition coefficient (Wildman–Crippen LogP) is 4.32. The average Bonchev–Trinajstić information content (AvgIpc) is 3.39. The van der Waals surface area contributed by atoms with E-state index in [4.69, 9.17) is 23.7 Å². The Labute approximate surface area is 321 Å². The molecule has 13 nitrogen and oxygen atoms in total. The third-order valence-corrected chi connectivity index (χ3v) is 12.2. The number of aliphatic hydroxyl groups excluding tert-OH is 1. The van der Waals surface area contributed by atoms with Gasteiger partial charge in [-0.25, -0.2) is 4.79 Å². The lowest BCUT2D eigenvalue weighted by Gasteiger charge is -2.47. The van der Waals surface area contributed by atoms with Crippen LogP contribution in [0.3, 0.4) is 0 Å². The molecule has 3 heterocycles. The Balaban J connectivity index is 1.73. The van der Waals surface area contributed by atoms with E-state index in [0.29, 0.717) is 19.5 Å². The molecule has 3 aliphatic heterocycles. The van der Waals surface area contributed by atoms with E-state index in [-0.39, 0.29) is 37.3 Å². The number of amides is 1. The summed E-state index contributed by atoms with van der Waals surface area (Å²) in [6.07, 6.45) is -4.00. The van der Waals surface area contributed by atoms with E-state index < -0.39 is 83.4 Å². The Hall–Kier alpha value is -2.94. The zero-order chi connectivity index (χ0) is 40.3. The number of hydrogen-bond donors (Lipinski definition) is 1. The number of benzene rings is 1. The van der Waals surface area contributed by atoms with E-state index >= 15 is 0 Å². The molecule has 13 heteroatoms. The molecule has 0 radical (unpaired) electrons. The van der Waals surface area contributed by atoms with E-state index in [1.165, 1.54) is 14.0 Å². The summed E-state index contributed by atoms with van der Waals surface area (Å²) in [5.74, 6) is -4.90. The van der Waals surface area contributed by atoms with Gasteiger partial charge in [0.2, 0.25) is 0 Å². The summed E-state index contributed by atoms with van der Waals surface area (Å²) in [4.78, 5) is 62.3. The summed E-state index contributed by atoms with van der Waals surface area (Å²) in [6, 6.07) is 8.95. The number of aliphatic hydroxyl groups is 1. The number of methoxy groups -OCH3 is 1. The number of ether oxygens (including phenoxy) is 5. The van der Waals surface area contributed by atoms with E-state index in [2.05, 4.69) is 4.90 Å². The van der Waals surface area contributed by atoms with Crippen LogP contribution in [0.15, 0.2) is 30.3 Å². The molecule has 4 rings (SSSR count). The van der Waals surface area contributed by atoms with Gasteiger partial charge in [0.1, 0.15) is 23.9 Å². The summed E-state index contributed by atoms with van der Waals surface area (Å²) in [5, 5.41) is 11.4. The second-order valence-electron chi connectivity index (χ2n) is 16.6. The van der Waals surface area contributed by atoms with Crippen LogP contribution in [-0.2, 0) is 44.6 Å². The van der Waals surface area contributed by atoms with Gasteiger partial charge >= 0.3 is 12.1 Å². The van der Waals surface area contributed by atoms with Gasteiger partial charge in [-0.2, -0.15) is 0 Å². The van der Waals surface area contributed by atoms with Gasteiger partial charge in [0.15, 0.2) is 17.7 Å². The van der Waals surface area contributed by atoms with Gasteiger partial charge in [-0.1, -0.05) is 58.0 Å². The molecule has 0 saturated carbocycles. The number of carbonyl (C=O) groups excluding carboxylic acids is 4. The molecule has 1 aromatic carbocycles. The van der Waals surface area contributed by atoms with Crippen LogP contribution in [-0.4, -0.2) is 139 Å². The lowest BCUT2D eigenvalue weighted by atomic mass is 9.73. The molecule has 0 aliphatic carbocycles. The maximum absolute atomic E-state index is 14.7. The number of likely N-dealkylation sites (N-methyl/N-ethyl adjacent to an activating group) is 2. The van der Waals surface area contributed by atoms with Crippen molar-refractivity contribution in [3.8, 4) is 0 Å². The fraction of sp³-hybridized carbons (Fsp3) is 0.756. The second-order valence-corrected chi connectivity index (χ2v) is 16.6. The molecule has 0 aromatic heterocycles. The summed E-state index contributed by atoms with van der Waals surface area (Å²) < 4.78 is 31.2. The van der Waals surface area contributed by atoms with Crippen LogP contribution < -0.4 is 0 Å². The second kappa shape index (κ2) is 17.9. The minimum Gasteiger partial charge on any atom is -0.458 e. The molecule has 3 fully saturated rings. The highest BCUT2D eigenvalue weighted by Crippen LogP contribution is 2.43. The van der Waals surface area contributed by atoms with Crippen LogP contribution in [0.5, 0.6) is 0 Å². The Morgan fingerprint density at radius 2 is 1.61 bits per heavy atom. The number of hydrogen-bond acceptors (Lipinski definition) is 12. The number of carbonyl (C=O) groups is 4. The van der Waals surface area contributed by atoms with Crippen LogP contribution in [0.1, 0.15) is 80.2 Å². The molecule has 13 atom stereocenters. The van der Waals surface area contributed by atoms with Gasteiger partial charge in [0, 0.05) is 50.5 Å². The van der Waals surface area contributed by atoms with Gasteiger partial charge < -0.3 is 38.6 Å². The monoisotopic (exact) mass is 759 g/mol. The molecule has 3 saturated heterocycles. The van der Waals surface area contributed by atoms with Crippen molar-refractivity contribution >= 4 is 23.6 Å². The molecule has 1 amide bonds. The first kappa shape index (κ1) is 43.8. The SMILES string of the molecule is CC[C@H]1OC(=O)[C@H](C)C(=O)[C@H](C)[C@@H](O[C@@H]2O[C@H](C)C[C@H](N(C)C)[C@H]2O)[C@](C)(OC)C[C@@H](C)C(=O)[C@H](C)[C@H]2N(CCN(C)Cc3ccccc3)C(=O)O[C@]12C. The lowest BCUT2D eigenvalue weighted by molar-refractivity contribution is -0.295. The van der Waals surface area contributed by atoms with Crippen molar-refractivity contribution in [3.05, 3.63) is 35.9 Å². The van der Waals surface area contributed by atoms with Crippen molar-refractivity contribution in [2.75, 3.05) is 41.3 Å². The molecule has 3 aliphatic rings. The number of ketones is 2. The van der Waals surface area contributed by atoms with Crippen molar-refractivity contribution < 1.29 is 48.0 Å². The molecule has 1 aromatic rings. The van der Waals surface area contributed by atoms with Gasteiger partial charge in [-0.3, -0.25) is 19.3 Å². The van der Waals surface area contributed by atoms with Crippen molar-refractivity contribution in [2.24, 2.45) is 23.7 Å². The zero-order valence-corrected chi connectivity index (χ0v) is 34.4. The highest BCUT2D eigenvalue weighted by atomic mass is 16.7. The Morgan fingerprint density at radius 1 is 0.963 bits per heavy atom. The molecular formula is C41H65N3O10. The first-order valence-electron chi connectivity index (χ1n) is 19.5. The maximum atomic E-state index is 14.7. The quantitative estimate of drug-likeness (QED) is 0.268. The summed E-state index contributed by atoms with van der Waals surface area (Å²) in [5.41, 5.74) is -1.52. The van der Waals surface area contributed by atoms with Crippen molar-refractivity contribution in [2.45, 2.75) is 135 Å². The topological polar surface area (TPSA) is 144 Å². The van der Waals surface area contributed by atoms with Crippen molar-refractivity contribution in [1.29, 1.82) is 0 Å². The van der Waals surface area contributed by atoms with Gasteiger partial charge in [-0.15, -0.1) is 0 Å². The van der Waals surface area contributed by atoms with Crippen LogP contribution in [0.2, 0.25) is 0 Å². The van der Waals surface area contributed by atoms with Crippen molar-refractivity contribution in [3.63, 3.8) is 0 Å². The minimum absolute atomic E-state index is 0.137. The first-order valence-corrected chi connectivity index (χ1v) is 19.5. The highest BCUT2D eigenvalue weighted by Gasteiger charge is 2.60. The molecule has 54 heavy (non-hydrogen) atoms. The number of cyclic esters (lactones) is 1. The van der Waals surface area contributed by atoms with Gasteiger partial charge in [-0.05, 0) is 73.7 Å². The first-order chi connectivity index (χ1) is 25.3. The molecule has 0 unspecified atom stereocenters. The number of rotatable bonds is 10. The fourth-order valence-corrected chi connectivity index (χ4v) is 8.96. The Morgan fingerprint density at radius 3 is 2.20 bits per heavy atom. The average molecular weight is 760 g/mol. The maximum Gasteiger partial charge on any atom is 0.410 e. The molecule has 0 bridgehead atoms. The third-order valence-electron chi connectivity index (χ3n) is 12.2. The van der Waals surface area contributed by atoms with E-state index in [1.54, 1.807) is 32.6 Å².